The molecule has 0 saturated carbocycles. The molecule has 0 unspecified atom stereocenters. The Labute approximate surface area is 124 Å². The number of benzene rings is 2. The van der Waals surface area contributed by atoms with Crippen molar-refractivity contribution in [1.82, 2.24) is 4.90 Å². The first kappa shape index (κ1) is 14.7. The fraction of sp³-hybridized carbons (Fsp3) is 0.133. The first-order valence-electron chi connectivity index (χ1n) is 5.92. The molecule has 0 atom stereocenters. The molecule has 2 aromatic rings. The van der Waals surface area contributed by atoms with Gasteiger partial charge in [0.15, 0.2) is 0 Å². The monoisotopic (exact) mass is 339 g/mol. The third kappa shape index (κ3) is 3.42. The van der Waals surface area contributed by atoms with E-state index in [9.17, 15) is 13.6 Å². The Morgan fingerprint density at radius 3 is 2.60 bits per heavy atom. The molecule has 2 rings (SSSR count). The van der Waals surface area contributed by atoms with Crippen LogP contribution in [0.2, 0.25) is 0 Å². The van der Waals surface area contributed by atoms with Crippen LogP contribution in [-0.2, 0) is 6.54 Å². The Balaban J connectivity index is 2.15. The molecule has 0 spiro atoms. The van der Waals surface area contributed by atoms with Crippen LogP contribution in [-0.4, -0.2) is 17.9 Å². The average molecular weight is 340 g/mol. The molecule has 0 aliphatic rings. The van der Waals surface area contributed by atoms with Gasteiger partial charge in [0.05, 0.1) is 0 Å². The second-order valence-corrected chi connectivity index (χ2v) is 5.32. The SMILES string of the molecule is CN(Cc1ccc(F)cc1F)C(=O)c1cccc(Br)c1. The molecule has 2 aromatic carbocycles. The van der Waals surface area contributed by atoms with E-state index in [4.69, 9.17) is 0 Å². The van der Waals surface area contributed by atoms with Gasteiger partial charge in [-0.1, -0.05) is 28.1 Å². The maximum atomic E-state index is 13.6. The minimum absolute atomic E-state index is 0.0808. The average Bonchev–Trinajstić information content (AvgIpc) is 2.41. The van der Waals surface area contributed by atoms with E-state index >= 15 is 0 Å². The zero-order valence-electron chi connectivity index (χ0n) is 10.7. The molecule has 0 radical (unpaired) electrons. The van der Waals surface area contributed by atoms with E-state index in [2.05, 4.69) is 15.9 Å². The number of amides is 1. The smallest absolute Gasteiger partial charge is 0.253 e. The van der Waals surface area contributed by atoms with Crippen molar-refractivity contribution in [2.45, 2.75) is 6.54 Å². The molecule has 0 heterocycles. The summed E-state index contributed by atoms with van der Waals surface area (Å²) in [6.45, 7) is 0.0808. The molecule has 0 saturated heterocycles. The molecule has 0 bridgehead atoms. The lowest BCUT2D eigenvalue weighted by atomic mass is 10.1. The highest BCUT2D eigenvalue weighted by Gasteiger charge is 2.14. The van der Waals surface area contributed by atoms with Crippen molar-refractivity contribution in [1.29, 1.82) is 0 Å². The van der Waals surface area contributed by atoms with Crippen molar-refractivity contribution in [3.05, 3.63) is 69.7 Å². The third-order valence-corrected chi connectivity index (χ3v) is 3.33. The normalized spacial score (nSPS) is 10.4. The minimum Gasteiger partial charge on any atom is -0.337 e. The van der Waals surface area contributed by atoms with E-state index in [0.717, 1.165) is 10.5 Å². The summed E-state index contributed by atoms with van der Waals surface area (Å²) in [6.07, 6.45) is 0. The molecule has 104 valence electrons. The topological polar surface area (TPSA) is 20.3 Å². The number of nitrogens with zero attached hydrogens (tertiary/aromatic N) is 1. The van der Waals surface area contributed by atoms with Gasteiger partial charge < -0.3 is 4.90 Å². The van der Waals surface area contributed by atoms with Gasteiger partial charge in [-0.2, -0.15) is 0 Å². The highest BCUT2D eigenvalue weighted by molar-refractivity contribution is 9.10. The van der Waals surface area contributed by atoms with Gasteiger partial charge in [-0.05, 0) is 24.3 Å². The van der Waals surface area contributed by atoms with Crippen LogP contribution in [0.15, 0.2) is 46.9 Å². The van der Waals surface area contributed by atoms with E-state index in [1.165, 1.54) is 17.0 Å². The summed E-state index contributed by atoms with van der Waals surface area (Å²) >= 11 is 3.29. The third-order valence-electron chi connectivity index (χ3n) is 2.84. The predicted molar refractivity (Wildman–Crippen MR) is 76.3 cm³/mol. The number of hydrogen-bond donors (Lipinski definition) is 0. The van der Waals surface area contributed by atoms with Gasteiger partial charge in [-0.3, -0.25) is 4.79 Å². The Kier molecular flexibility index (Phi) is 4.49. The quantitative estimate of drug-likeness (QED) is 0.827. The van der Waals surface area contributed by atoms with Crippen LogP contribution in [0.4, 0.5) is 8.78 Å². The van der Waals surface area contributed by atoms with Crippen LogP contribution in [0.25, 0.3) is 0 Å². The fourth-order valence-corrected chi connectivity index (χ4v) is 2.22. The van der Waals surface area contributed by atoms with Crippen molar-refractivity contribution in [2.24, 2.45) is 0 Å². The van der Waals surface area contributed by atoms with E-state index < -0.39 is 11.6 Å². The van der Waals surface area contributed by atoms with Crippen LogP contribution >= 0.6 is 15.9 Å². The van der Waals surface area contributed by atoms with E-state index in [-0.39, 0.29) is 18.0 Å². The number of rotatable bonds is 3. The van der Waals surface area contributed by atoms with Gasteiger partial charge in [0, 0.05) is 35.3 Å². The molecule has 0 N–H and O–H groups in total. The van der Waals surface area contributed by atoms with Crippen LogP contribution in [0, 0.1) is 11.6 Å². The molecular formula is C15H12BrF2NO. The zero-order chi connectivity index (χ0) is 14.7. The lowest BCUT2D eigenvalue weighted by Gasteiger charge is -2.18. The van der Waals surface area contributed by atoms with Crippen molar-refractivity contribution in [3.63, 3.8) is 0 Å². The summed E-state index contributed by atoms with van der Waals surface area (Å²) in [7, 11) is 1.58. The Morgan fingerprint density at radius 1 is 1.20 bits per heavy atom. The van der Waals surface area contributed by atoms with E-state index in [1.54, 1.807) is 25.2 Å². The first-order chi connectivity index (χ1) is 9.47. The van der Waals surface area contributed by atoms with Gasteiger partial charge in [-0.15, -0.1) is 0 Å². The second-order valence-electron chi connectivity index (χ2n) is 4.41. The van der Waals surface area contributed by atoms with Crippen molar-refractivity contribution in [2.75, 3.05) is 7.05 Å². The Hall–Kier alpha value is -1.75. The molecular weight excluding hydrogens is 328 g/mol. The van der Waals surface area contributed by atoms with Crippen LogP contribution in [0.3, 0.4) is 0 Å². The van der Waals surface area contributed by atoms with Crippen molar-refractivity contribution >= 4 is 21.8 Å². The molecule has 0 aliphatic carbocycles. The van der Waals surface area contributed by atoms with E-state index in [1.807, 2.05) is 6.07 Å². The van der Waals surface area contributed by atoms with Crippen molar-refractivity contribution < 1.29 is 13.6 Å². The lowest BCUT2D eigenvalue weighted by molar-refractivity contribution is 0.0784. The van der Waals surface area contributed by atoms with Crippen molar-refractivity contribution in [3.8, 4) is 0 Å². The summed E-state index contributed by atoms with van der Waals surface area (Å²) in [4.78, 5) is 13.6. The van der Waals surface area contributed by atoms with Gasteiger partial charge in [0.25, 0.3) is 5.91 Å². The fourth-order valence-electron chi connectivity index (χ4n) is 1.82. The van der Waals surface area contributed by atoms with Crippen LogP contribution < -0.4 is 0 Å². The zero-order valence-corrected chi connectivity index (χ0v) is 12.3. The first-order valence-corrected chi connectivity index (χ1v) is 6.71. The minimum atomic E-state index is -0.654. The summed E-state index contributed by atoms with van der Waals surface area (Å²) in [5.41, 5.74) is 0.779. The lowest BCUT2D eigenvalue weighted by Crippen LogP contribution is -2.26. The Morgan fingerprint density at radius 2 is 1.95 bits per heavy atom. The van der Waals surface area contributed by atoms with Crippen LogP contribution in [0.1, 0.15) is 15.9 Å². The molecule has 20 heavy (non-hydrogen) atoms. The Bertz CT molecular complexity index is 646. The molecule has 5 heteroatoms. The number of halogens is 3. The summed E-state index contributed by atoms with van der Waals surface area (Å²) in [5.74, 6) is -1.51. The number of carbonyl (C=O) groups excluding carboxylic acids is 1. The molecule has 0 aliphatic heterocycles. The number of hydrogen-bond acceptors (Lipinski definition) is 1. The summed E-state index contributed by atoms with van der Waals surface area (Å²) < 4.78 is 27.2. The molecule has 0 fully saturated rings. The van der Waals surface area contributed by atoms with Crippen LogP contribution in [0.5, 0.6) is 0 Å². The van der Waals surface area contributed by atoms with Gasteiger partial charge >= 0.3 is 0 Å². The summed E-state index contributed by atoms with van der Waals surface area (Å²) in [5, 5.41) is 0. The maximum Gasteiger partial charge on any atom is 0.253 e. The number of carbonyl (C=O) groups is 1. The second kappa shape index (κ2) is 6.13. The molecule has 0 aromatic heterocycles. The standard InChI is InChI=1S/C15H12BrF2NO/c1-19(9-11-5-6-13(17)8-14(11)18)15(20)10-3-2-4-12(16)7-10/h2-8H,9H2,1H3. The van der Waals surface area contributed by atoms with Gasteiger partial charge in [0.1, 0.15) is 11.6 Å². The molecule has 2 nitrogen and oxygen atoms in total. The van der Waals surface area contributed by atoms with Gasteiger partial charge in [0.2, 0.25) is 0 Å². The summed E-state index contributed by atoms with van der Waals surface area (Å²) in [6, 6.07) is 10.3. The maximum absolute atomic E-state index is 13.6. The predicted octanol–water partition coefficient (Wildman–Crippen LogP) is 4.00. The largest absolute Gasteiger partial charge is 0.337 e. The van der Waals surface area contributed by atoms with E-state index in [0.29, 0.717) is 5.56 Å². The molecule has 1 amide bonds. The highest BCUT2D eigenvalue weighted by Crippen LogP contribution is 2.16. The van der Waals surface area contributed by atoms with Gasteiger partial charge in [-0.25, -0.2) is 8.78 Å². The highest BCUT2D eigenvalue weighted by atomic mass is 79.9.